The van der Waals surface area contributed by atoms with Gasteiger partial charge in [0.1, 0.15) is 0 Å². The summed E-state index contributed by atoms with van der Waals surface area (Å²) < 4.78 is 0. The number of thioether (sulfide) groups is 1. The van der Waals surface area contributed by atoms with Gasteiger partial charge >= 0.3 is 5.97 Å². The molecule has 3 nitrogen and oxygen atoms in total. The summed E-state index contributed by atoms with van der Waals surface area (Å²) in [4.78, 5) is 15.0. The van der Waals surface area contributed by atoms with Crippen LogP contribution < -0.4 is 0 Å². The summed E-state index contributed by atoms with van der Waals surface area (Å²) in [6.45, 7) is 6.32. The normalized spacial score (nSPS) is 12.8. The first-order valence-electron chi connectivity index (χ1n) is 4.97. The van der Waals surface area contributed by atoms with Gasteiger partial charge in [-0.2, -0.15) is 0 Å². The average Bonchev–Trinajstić information content (AvgIpc) is 2.20. The van der Waals surface area contributed by atoms with Crippen LogP contribution >= 0.6 is 23.4 Å². The van der Waals surface area contributed by atoms with E-state index in [1.165, 1.54) is 12.3 Å². The molecule has 1 aromatic heterocycles. The van der Waals surface area contributed by atoms with Crippen molar-refractivity contribution in [2.24, 2.45) is 5.92 Å². The van der Waals surface area contributed by atoms with Gasteiger partial charge in [0.15, 0.2) is 0 Å². The number of nitrogens with zero attached hydrogens (tertiary/aromatic N) is 1. The smallest absolute Gasteiger partial charge is 0.337 e. The molecule has 1 heterocycles. The second-order valence-corrected chi connectivity index (χ2v) is 5.68. The number of carboxylic acids is 1. The van der Waals surface area contributed by atoms with Gasteiger partial charge in [-0.15, -0.1) is 11.8 Å². The lowest BCUT2D eigenvalue weighted by Gasteiger charge is -2.14. The molecule has 0 saturated carbocycles. The number of hydrogen-bond acceptors (Lipinski definition) is 3. The maximum absolute atomic E-state index is 10.9. The first kappa shape index (κ1) is 13.3. The van der Waals surface area contributed by atoms with Crippen LogP contribution in [0, 0.1) is 5.92 Å². The number of aromatic nitrogens is 1. The molecule has 0 aliphatic rings. The second-order valence-electron chi connectivity index (χ2n) is 3.87. The van der Waals surface area contributed by atoms with Crippen molar-refractivity contribution >= 4 is 29.3 Å². The number of pyridine rings is 1. The SMILES string of the molecule is CC(C)C(C)Sc1cc(C(=O)O)c(Cl)cn1. The van der Waals surface area contributed by atoms with Crippen LogP contribution in [0.2, 0.25) is 5.02 Å². The fourth-order valence-corrected chi connectivity index (χ4v) is 2.11. The van der Waals surface area contributed by atoms with E-state index in [0.29, 0.717) is 16.2 Å². The molecule has 1 rings (SSSR count). The lowest BCUT2D eigenvalue weighted by Crippen LogP contribution is -2.06. The summed E-state index contributed by atoms with van der Waals surface area (Å²) in [7, 11) is 0. The van der Waals surface area contributed by atoms with Crippen LogP contribution in [0.1, 0.15) is 31.1 Å². The van der Waals surface area contributed by atoms with Gasteiger partial charge in [0.25, 0.3) is 0 Å². The third-order valence-electron chi connectivity index (χ3n) is 2.31. The van der Waals surface area contributed by atoms with Gasteiger partial charge in [-0.1, -0.05) is 32.4 Å². The zero-order chi connectivity index (χ0) is 12.3. The highest BCUT2D eigenvalue weighted by atomic mass is 35.5. The van der Waals surface area contributed by atoms with E-state index in [1.54, 1.807) is 11.8 Å². The summed E-state index contributed by atoms with van der Waals surface area (Å²) in [6, 6.07) is 1.52. The Kier molecular flexibility index (Phi) is 4.62. The molecule has 16 heavy (non-hydrogen) atoms. The van der Waals surface area contributed by atoms with E-state index in [2.05, 4.69) is 25.8 Å². The fraction of sp³-hybridized carbons (Fsp3) is 0.455. The lowest BCUT2D eigenvalue weighted by atomic mass is 10.2. The highest BCUT2D eigenvalue weighted by Gasteiger charge is 2.14. The van der Waals surface area contributed by atoms with Crippen LogP contribution in [0.25, 0.3) is 0 Å². The Hall–Kier alpha value is -0.740. The number of carbonyl (C=O) groups is 1. The van der Waals surface area contributed by atoms with E-state index < -0.39 is 5.97 Å². The van der Waals surface area contributed by atoms with Crippen LogP contribution in [-0.2, 0) is 0 Å². The maximum Gasteiger partial charge on any atom is 0.337 e. The summed E-state index contributed by atoms with van der Waals surface area (Å²) in [6.07, 6.45) is 1.39. The Bertz CT molecular complexity index is 396. The molecule has 1 aromatic rings. The number of hydrogen-bond donors (Lipinski definition) is 1. The molecule has 0 spiro atoms. The van der Waals surface area contributed by atoms with E-state index in [0.717, 1.165) is 0 Å². The molecule has 0 aliphatic heterocycles. The van der Waals surface area contributed by atoms with Gasteiger partial charge in [0.05, 0.1) is 15.6 Å². The third kappa shape index (κ3) is 3.39. The maximum atomic E-state index is 10.9. The topological polar surface area (TPSA) is 50.2 Å². The molecule has 0 fully saturated rings. The Labute approximate surface area is 104 Å². The fourth-order valence-electron chi connectivity index (χ4n) is 0.974. The minimum absolute atomic E-state index is 0.107. The first-order valence-corrected chi connectivity index (χ1v) is 6.23. The van der Waals surface area contributed by atoms with E-state index in [4.69, 9.17) is 16.7 Å². The summed E-state index contributed by atoms with van der Waals surface area (Å²) in [5.41, 5.74) is 0.107. The molecule has 0 aliphatic carbocycles. The quantitative estimate of drug-likeness (QED) is 0.840. The molecule has 0 saturated heterocycles. The van der Waals surface area contributed by atoms with Gasteiger partial charge in [-0.25, -0.2) is 9.78 Å². The number of rotatable bonds is 4. The highest BCUT2D eigenvalue weighted by Crippen LogP contribution is 2.28. The van der Waals surface area contributed by atoms with E-state index in [9.17, 15) is 4.79 Å². The zero-order valence-electron chi connectivity index (χ0n) is 9.40. The van der Waals surface area contributed by atoms with Crippen LogP contribution in [-0.4, -0.2) is 21.3 Å². The van der Waals surface area contributed by atoms with Crippen molar-refractivity contribution in [2.75, 3.05) is 0 Å². The van der Waals surface area contributed by atoms with Crippen LogP contribution in [0.15, 0.2) is 17.3 Å². The van der Waals surface area contributed by atoms with Gasteiger partial charge in [0.2, 0.25) is 0 Å². The molecule has 0 bridgehead atoms. The van der Waals surface area contributed by atoms with Gasteiger partial charge in [-0.05, 0) is 12.0 Å². The van der Waals surface area contributed by atoms with Gasteiger partial charge in [0, 0.05) is 11.4 Å². The van der Waals surface area contributed by atoms with Crippen LogP contribution in [0.5, 0.6) is 0 Å². The molecule has 0 amide bonds. The minimum Gasteiger partial charge on any atom is -0.478 e. The Morgan fingerprint density at radius 1 is 1.50 bits per heavy atom. The van der Waals surface area contributed by atoms with Crippen LogP contribution in [0.3, 0.4) is 0 Å². The lowest BCUT2D eigenvalue weighted by molar-refractivity contribution is 0.0696. The molecule has 1 N–H and O–H groups in total. The Morgan fingerprint density at radius 2 is 2.12 bits per heavy atom. The second kappa shape index (κ2) is 5.55. The molecule has 88 valence electrons. The number of halogens is 1. The third-order valence-corrected chi connectivity index (χ3v) is 3.99. The molecule has 0 aromatic carbocycles. The number of carboxylic acid groups (broad SMARTS) is 1. The van der Waals surface area contributed by atoms with Crippen molar-refractivity contribution < 1.29 is 9.90 Å². The van der Waals surface area contributed by atoms with E-state index in [1.807, 2.05) is 0 Å². The molecule has 0 radical (unpaired) electrons. The molecular weight excluding hydrogens is 246 g/mol. The highest BCUT2D eigenvalue weighted by molar-refractivity contribution is 7.99. The van der Waals surface area contributed by atoms with Crippen molar-refractivity contribution in [1.29, 1.82) is 0 Å². The predicted octanol–water partition coefficient (Wildman–Crippen LogP) is 3.57. The monoisotopic (exact) mass is 259 g/mol. The van der Waals surface area contributed by atoms with Crippen LogP contribution in [0.4, 0.5) is 0 Å². The molecule has 1 atom stereocenters. The number of aromatic carboxylic acids is 1. The van der Waals surface area contributed by atoms with E-state index in [-0.39, 0.29) is 10.6 Å². The summed E-state index contributed by atoms with van der Waals surface area (Å²) >= 11 is 7.30. The Balaban J connectivity index is 2.91. The van der Waals surface area contributed by atoms with Crippen molar-refractivity contribution in [3.8, 4) is 0 Å². The first-order chi connectivity index (χ1) is 7.41. The van der Waals surface area contributed by atoms with Crippen molar-refractivity contribution in [2.45, 2.75) is 31.0 Å². The summed E-state index contributed by atoms with van der Waals surface area (Å²) in [5.74, 6) is -0.512. The van der Waals surface area contributed by atoms with Gasteiger partial charge in [-0.3, -0.25) is 0 Å². The predicted molar refractivity (Wildman–Crippen MR) is 66.4 cm³/mol. The molecule has 5 heteroatoms. The standard InChI is InChI=1S/C11H14ClNO2S/c1-6(2)7(3)16-10-4-8(11(14)15)9(12)5-13-10/h4-7H,1-3H3,(H,14,15). The zero-order valence-corrected chi connectivity index (χ0v) is 11.0. The minimum atomic E-state index is -1.02. The largest absolute Gasteiger partial charge is 0.478 e. The average molecular weight is 260 g/mol. The van der Waals surface area contributed by atoms with Gasteiger partial charge < -0.3 is 5.11 Å². The van der Waals surface area contributed by atoms with Crippen molar-refractivity contribution in [3.05, 3.63) is 22.8 Å². The Morgan fingerprint density at radius 3 is 2.62 bits per heavy atom. The van der Waals surface area contributed by atoms with Crippen molar-refractivity contribution in [1.82, 2.24) is 4.98 Å². The molecular formula is C11H14ClNO2S. The van der Waals surface area contributed by atoms with Crippen molar-refractivity contribution in [3.63, 3.8) is 0 Å². The molecule has 1 unspecified atom stereocenters. The van der Waals surface area contributed by atoms with E-state index >= 15 is 0 Å². The summed E-state index contributed by atoms with van der Waals surface area (Å²) in [5, 5.41) is 10.2.